The number of benzene rings is 2. The third-order valence-electron chi connectivity index (χ3n) is 4.03. The van der Waals surface area contributed by atoms with Gasteiger partial charge in [-0.3, -0.25) is 19.7 Å². The Morgan fingerprint density at radius 1 is 1.19 bits per heavy atom. The zero-order chi connectivity index (χ0) is 19.4. The quantitative estimate of drug-likeness (QED) is 0.431. The van der Waals surface area contributed by atoms with Crippen molar-refractivity contribution >= 4 is 35.0 Å². The SMILES string of the molecule is CC(Sc1ccc([N+](=O)[O-])cc1)C(=O)Nc1cccc(C(=O)NC2CC2)c1. The molecule has 1 unspecified atom stereocenters. The maximum atomic E-state index is 12.4. The van der Waals surface area contributed by atoms with Gasteiger partial charge in [0.2, 0.25) is 5.91 Å². The van der Waals surface area contributed by atoms with Gasteiger partial charge in [0, 0.05) is 34.3 Å². The van der Waals surface area contributed by atoms with Crippen molar-refractivity contribution in [1.82, 2.24) is 5.32 Å². The van der Waals surface area contributed by atoms with Gasteiger partial charge in [0.05, 0.1) is 10.2 Å². The number of thioether (sulfide) groups is 1. The second kappa shape index (κ2) is 8.22. The molecule has 2 amide bonds. The summed E-state index contributed by atoms with van der Waals surface area (Å²) >= 11 is 1.30. The molecule has 2 aromatic rings. The monoisotopic (exact) mass is 385 g/mol. The number of amides is 2. The molecule has 1 aliphatic rings. The maximum Gasteiger partial charge on any atom is 0.269 e. The Kier molecular flexibility index (Phi) is 5.75. The van der Waals surface area contributed by atoms with Gasteiger partial charge in [0.1, 0.15) is 0 Å². The van der Waals surface area contributed by atoms with E-state index in [1.807, 2.05) is 0 Å². The van der Waals surface area contributed by atoms with Gasteiger partial charge < -0.3 is 10.6 Å². The van der Waals surface area contributed by atoms with E-state index in [1.54, 1.807) is 43.3 Å². The average Bonchev–Trinajstić information content (AvgIpc) is 3.46. The van der Waals surface area contributed by atoms with Gasteiger partial charge in [-0.1, -0.05) is 6.07 Å². The Morgan fingerprint density at radius 3 is 2.52 bits per heavy atom. The molecular formula is C19H19N3O4S. The largest absolute Gasteiger partial charge is 0.349 e. The summed E-state index contributed by atoms with van der Waals surface area (Å²) in [5.41, 5.74) is 1.08. The Labute approximate surface area is 160 Å². The van der Waals surface area contributed by atoms with Crippen molar-refractivity contribution in [2.45, 2.75) is 36.0 Å². The fourth-order valence-electron chi connectivity index (χ4n) is 2.38. The molecule has 27 heavy (non-hydrogen) atoms. The first kappa shape index (κ1) is 18.9. The van der Waals surface area contributed by atoms with Gasteiger partial charge >= 0.3 is 0 Å². The van der Waals surface area contributed by atoms with E-state index in [4.69, 9.17) is 0 Å². The van der Waals surface area contributed by atoms with Crippen LogP contribution in [0.2, 0.25) is 0 Å². The molecule has 1 saturated carbocycles. The molecule has 1 fully saturated rings. The van der Waals surface area contributed by atoms with Crippen LogP contribution >= 0.6 is 11.8 Å². The fraction of sp³-hybridized carbons (Fsp3) is 0.263. The molecule has 1 atom stereocenters. The molecule has 0 bridgehead atoms. The van der Waals surface area contributed by atoms with Crippen LogP contribution in [0.4, 0.5) is 11.4 Å². The second-order valence-corrected chi connectivity index (χ2v) is 7.74. The van der Waals surface area contributed by atoms with Crippen LogP contribution < -0.4 is 10.6 Å². The summed E-state index contributed by atoms with van der Waals surface area (Å²) in [6.07, 6.45) is 2.03. The van der Waals surface area contributed by atoms with Gasteiger partial charge in [-0.05, 0) is 50.1 Å². The van der Waals surface area contributed by atoms with E-state index in [0.717, 1.165) is 17.7 Å². The zero-order valence-electron chi connectivity index (χ0n) is 14.7. The highest BCUT2D eigenvalue weighted by Crippen LogP contribution is 2.26. The number of carbonyl (C=O) groups excluding carboxylic acids is 2. The summed E-state index contributed by atoms with van der Waals surface area (Å²) in [7, 11) is 0. The number of nitrogens with zero attached hydrogens (tertiary/aromatic N) is 1. The molecule has 0 aliphatic heterocycles. The van der Waals surface area contributed by atoms with Crippen molar-refractivity contribution in [3.05, 3.63) is 64.2 Å². The third-order valence-corrected chi connectivity index (χ3v) is 5.15. The summed E-state index contributed by atoms with van der Waals surface area (Å²) in [6, 6.07) is 13.2. The lowest BCUT2D eigenvalue weighted by Gasteiger charge is -2.13. The predicted octanol–water partition coefficient (Wildman–Crippen LogP) is 3.61. The zero-order valence-corrected chi connectivity index (χ0v) is 15.5. The Hall–Kier alpha value is -2.87. The minimum absolute atomic E-state index is 0.0118. The number of nitro benzene ring substituents is 1. The molecule has 7 nitrogen and oxygen atoms in total. The Balaban J connectivity index is 1.58. The Morgan fingerprint density at radius 2 is 1.89 bits per heavy atom. The first-order chi connectivity index (χ1) is 12.9. The van der Waals surface area contributed by atoms with E-state index in [0.29, 0.717) is 11.3 Å². The van der Waals surface area contributed by atoms with E-state index in [1.165, 1.54) is 23.9 Å². The highest BCUT2D eigenvalue weighted by atomic mass is 32.2. The molecule has 2 aromatic carbocycles. The summed E-state index contributed by atoms with van der Waals surface area (Å²) in [5, 5.41) is 16.0. The normalized spacial score (nSPS) is 14.3. The van der Waals surface area contributed by atoms with Gasteiger partial charge in [0.25, 0.3) is 11.6 Å². The fourth-order valence-corrected chi connectivity index (χ4v) is 3.25. The number of carbonyl (C=O) groups is 2. The molecule has 0 heterocycles. The van der Waals surface area contributed by atoms with Crippen LogP contribution in [0.25, 0.3) is 0 Å². The van der Waals surface area contributed by atoms with Gasteiger partial charge in [-0.25, -0.2) is 0 Å². The number of nitro groups is 1. The number of nitrogens with one attached hydrogen (secondary N) is 2. The number of anilines is 1. The lowest BCUT2D eigenvalue weighted by molar-refractivity contribution is -0.384. The molecule has 0 radical (unpaired) electrons. The number of non-ortho nitro benzene ring substituents is 1. The van der Waals surface area contributed by atoms with Crippen LogP contribution in [0.5, 0.6) is 0 Å². The maximum absolute atomic E-state index is 12.4. The number of rotatable bonds is 7. The van der Waals surface area contributed by atoms with Crippen LogP contribution in [-0.2, 0) is 4.79 Å². The van der Waals surface area contributed by atoms with Crippen molar-refractivity contribution in [3.63, 3.8) is 0 Å². The van der Waals surface area contributed by atoms with E-state index >= 15 is 0 Å². The first-order valence-electron chi connectivity index (χ1n) is 8.55. The molecule has 0 spiro atoms. The smallest absolute Gasteiger partial charge is 0.269 e. The molecule has 0 saturated heterocycles. The third kappa shape index (κ3) is 5.30. The lowest BCUT2D eigenvalue weighted by Crippen LogP contribution is -2.26. The molecule has 2 N–H and O–H groups in total. The lowest BCUT2D eigenvalue weighted by atomic mass is 10.2. The van der Waals surface area contributed by atoms with Crippen molar-refractivity contribution in [2.75, 3.05) is 5.32 Å². The van der Waals surface area contributed by atoms with Crippen LogP contribution in [-0.4, -0.2) is 28.0 Å². The van der Waals surface area contributed by atoms with E-state index in [9.17, 15) is 19.7 Å². The average molecular weight is 385 g/mol. The predicted molar refractivity (Wildman–Crippen MR) is 104 cm³/mol. The van der Waals surface area contributed by atoms with Crippen molar-refractivity contribution in [2.24, 2.45) is 0 Å². The highest BCUT2D eigenvalue weighted by molar-refractivity contribution is 8.00. The standard InChI is InChI=1S/C19H19N3O4S/c1-12(27-17-9-7-16(8-10-17)22(25)26)18(23)21-15-4-2-3-13(11-15)19(24)20-14-5-6-14/h2-4,7-12,14H,5-6H2,1H3,(H,20,24)(H,21,23). The topological polar surface area (TPSA) is 101 Å². The van der Waals surface area contributed by atoms with Gasteiger partial charge in [0.15, 0.2) is 0 Å². The van der Waals surface area contributed by atoms with E-state index < -0.39 is 10.2 Å². The van der Waals surface area contributed by atoms with Crippen LogP contribution in [0.3, 0.4) is 0 Å². The molecule has 140 valence electrons. The van der Waals surface area contributed by atoms with Gasteiger partial charge in [-0.15, -0.1) is 11.8 Å². The van der Waals surface area contributed by atoms with Crippen LogP contribution in [0, 0.1) is 10.1 Å². The van der Waals surface area contributed by atoms with Crippen molar-refractivity contribution in [1.29, 1.82) is 0 Å². The molecule has 3 rings (SSSR count). The first-order valence-corrected chi connectivity index (χ1v) is 9.43. The molecular weight excluding hydrogens is 366 g/mol. The molecule has 1 aliphatic carbocycles. The minimum atomic E-state index is -0.461. The molecule has 8 heteroatoms. The van der Waals surface area contributed by atoms with Crippen molar-refractivity contribution < 1.29 is 14.5 Å². The second-order valence-electron chi connectivity index (χ2n) is 6.33. The van der Waals surface area contributed by atoms with Crippen molar-refractivity contribution in [3.8, 4) is 0 Å². The minimum Gasteiger partial charge on any atom is -0.349 e. The highest BCUT2D eigenvalue weighted by Gasteiger charge is 2.24. The van der Waals surface area contributed by atoms with Crippen LogP contribution in [0.15, 0.2) is 53.4 Å². The molecule has 0 aromatic heterocycles. The Bertz CT molecular complexity index is 866. The van der Waals surface area contributed by atoms with Crippen LogP contribution in [0.1, 0.15) is 30.1 Å². The summed E-state index contributed by atoms with van der Waals surface area (Å²) in [4.78, 5) is 35.5. The summed E-state index contributed by atoms with van der Waals surface area (Å²) < 4.78 is 0. The van der Waals surface area contributed by atoms with E-state index in [2.05, 4.69) is 10.6 Å². The number of hydrogen-bond acceptors (Lipinski definition) is 5. The van der Waals surface area contributed by atoms with E-state index in [-0.39, 0.29) is 23.5 Å². The van der Waals surface area contributed by atoms with Gasteiger partial charge in [-0.2, -0.15) is 0 Å². The summed E-state index contributed by atoms with van der Waals surface area (Å²) in [5.74, 6) is -0.347. The summed E-state index contributed by atoms with van der Waals surface area (Å²) in [6.45, 7) is 1.76. The number of hydrogen-bond donors (Lipinski definition) is 2.